The molecule has 0 unspecified atom stereocenters. The number of nitrogens with one attached hydrogen (secondary N) is 1. The van der Waals surface area contributed by atoms with Crippen molar-refractivity contribution in [1.82, 2.24) is 19.5 Å². The van der Waals surface area contributed by atoms with Crippen LogP contribution in [-0.4, -0.2) is 63.8 Å². The first-order valence-corrected chi connectivity index (χ1v) is 9.81. The highest BCUT2D eigenvalue weighted by Crippen LogP contribution is 2.30. The minimum absolute atomic E-state index is 0.0761. The molecule has 0 atom stereocenters. The highest BCUT2D eigenvalue weighted by Gasteiger charge is 2.23. The summed E-state index contributed by atoms with van der Waals surface area (Å²) in [5.41, 5.74) is -0.0761. The molecule has 0 bridgehead atoms. The quantitative estimate of drug-likeness (QED) is 0.754. The average Bonchev–Trinajstić information content (AvgIpc) is 3.05. The van der Waals surface area contributed by atoms with Gasteiger partial charge in [0.1, 0.15) is 5.75 Å². The molecule has 3 heterocycles. The molecule has 9 heteroatoms. The first-order valence-electron chi connectivity index (χ1n) is 8.22. The summed E-state index contributed by atoms with van der Waals surface area (Å²) < 4.78 is 3.50. The fraction of sp³-hybridized carbons (Fsp3) is 0.353. The average molecular weight is 393 g/mol. The lowest BCUT2D eigenvalue weighted by atomic mass is 10.3. The number of pyridine rings is 1. The van der Waals surface area contributed by atoms with Crippen molar-refractivity contribution < 1.29 is 14.7 Å². The Hall–Kier alpha value is -2.10. The van der Waals surface area contributed by atoms with Gasteiger partial charge in [-0.25, -0.2) is 9.29 Å². The maximum Gasteiger partial charge on any atom is 0.274 e. The number of rotatable bonds is 5. The molecule has 0 aliphatic carbocycles. The molecule has 1 aliphatic heterocycles. The van der Waals surface area contributed by atoms with E-state index in [0.29, 0.717) is 13.1 Å². The van der Waals surface area contributed by atoms with E-state index in [1.165, 1.54) is 27.4 Å². The minimum atomic E-state index is -0.557. The van der Waals surface area contributed by atoms with Crippen LogP contribution >= 0.6 is 23.3 Å². The van der Waals surface area contributed by atoms with E-state index in [2.05, 4.69) is 33.7 Å². The summed E-state index contributed by atoms with van der Waals surface area (Å²) in [7, 11) is 0. The van der Waals surface area contributed by atoms with Gasteiger partial charge < -0.3 is 15.3 Å². The van der Waals surface area contributed by atoms with Crippen molar-refractivity contribution >= 4 is 35.1 Å². The second-order valence-corrected chi connectivity index (χ2v) is 8.51. The number of piperazine rings is 1. The number of hydrogen-bond acceptors (Lipinski definition) is 7. The number of aromatic hydroxyl groups is 1. The van der Waals surface area contributed by atoms with E-state index in [0.717, 1.165) is 13.1 Å². The van der Waals surface area contributed by atoms with Crippen molar-refractivity contribution in [2.45, 2.75) is 11.1 Å². The van der Waals surface area contributed by atoms with E-state index in [-0.39, 0.29) is 23.9 Å². The Morgan fingerprint density at radius 1 is 1.27 bits per heavy atom. The zero-order valence-electron chi connectivity index (χ0n) is 14.3. The van der Waals surface area contributed by atoms with Crippen molar-refractivity contribution in [3.63, 3.8) is 0 Å². The van der Waals surface area contributed by atoms with Gasteiger partial charge in [-0.1, -0.05) is 0 Å². The standard InChI is InChI=1S/C17H20N4O3S2/c1-12-4-5-15(25-12)26-21-9-7-20(8-10-21)14(23)11-19-17(24)16-13(22)3-2-6-18-16/h2-6,22H,7-11H2,1H3,(H,19,24). The van der Waals surface area contributed by atoms with Crippen LogP contribution in [0.4, 0.5) is 0 Å². The summed E-state index contributed by atoms with van der Waals surface area (Å²) in [6.45, 7) is 4.79. The second kappa shape index (κ2) is 8.52. The summed E-state index contributed by atoms with van der Waals surface area (Å²) in [6.07, 6.45) is 1.42. The number of amides is 2. The normalized spacial score (nSPS) is 15.0. The minimum Gasteiger partial charge on any atom is -0.505 e. The SMILES string of the molecule is Cc1ccc(SN2CCN(C(=O)CNC(=O)c3ncccc3O)CC2)s1. The van der Waals surface area contributed by atoms with Gasteiger partial charge in [-0.15, -0.1) is 11.3 Å². The van der Waals surface area contributed by atoms with Crippen LogP contribution in [0.3, 0.4) is 0 Å². The number of carbonyl (C=O) groups excluding carboxylic acids is 2. The summed E-state index contributed by atoms with van der Waals surface area (Å²) in [5.74, 6) is -0.893. The van der Waals surface area contributed by atoms with E-state index >= 15 is 0 Å². The molecule has 0 radical (unpaired) electrons. The topological polar surface area (TPSA) is 85.8 Å². The van der Waals surface area contributed by atoms with Crippen molar-refractivity contribution in [2.75, 3.05) is 32.7 Å². The monoisotopic (exact) mass is 392 g/mol. The molecule has 0 aromatic carbocycles. The van der Waals surface area contributed by atoms with E-state index in [1.807, 2.05) is 0 Å². The molecule has 2 N–H and O–H groups in total. The smallest absolute Gasteiger partial charge is 0.274 e. The molecular weight excluding hydrogens is 372 g/mol. The lowest BCUT2D eigenvalue weighted by Crippen LogP contribution is -2.49. The fourth-order valence-electron chi connectivity index (χ4n) is 2.54. The maximum absolute atomic E-state index is 12.3. The van der Waals surface area contributed by atoms with Crippen LogP contribution in [0.2, 0.25) is 0 Å². The van der Waals surface area contributed by atoms with Gasteiger partial charge in [0.2, 0.25) is 5.91 Å². The zero-order chi connectivity index (χ0) is 18.5. The Balaban J connectivity index is 1.43. The Morgan fingerprint density at radius 3 is 2.69 bits per heavy atom. The van der Waals surface area contributed by atoms with Gasteiger partial charge in [-0.3, -0.25) is 9.59 Å². The molecule has 7 nitrogen and oxygen atoms in total. The van der Waals surface area contributed by atoms with Crippen molar-refractivity contribution in [3.8, 4) is 5.75 Å². The molecule has 0 spiro atoms. The van der Waals surface area contributed by atoms with Gasteiger partial charge in [-0.2, -0.15) is 0 Å². The number of hydrogen-bond donors (Lipinski definition) is 2. The molecule has 2 aromatic rings. The summed E-state index contributed by atoms with van der Waals surface area (Å²) in [6, 6.07) is 7.14. The van der Waals surface area contributed by atoms with Crippen LogP contribution in [0, 0.1) is 6.92 Å². The third-order valence-corrected chi connectivity index (χ3v) is 6.14. The van der Waals surface area contributed by atoms with Crippen LogP contribution < -0.4 is 5.32 Å². The van der Waals surface area contributed by atoms with Crippen LogP contribution in [-0.2, 0) is 4.79 Å². The number of thiophene rings is 1. The molecule has 138 valence electrons. The number of aromatic nitrogens is 1. The molecule has 2 aromatic heterocycles. The van der Waals surface area contributed by atoms with Crippen LogP contribution in [0.5, 0.6) is 5.75 Å². The van der Waals surface area contributed by atoms with E-state index in [4.69, 9.17) is 0 Å². The number of carbonyl (C=O) groups is 2. The highest BCUT2D eigenvalue weighted by molar-refractivity contribution is 7.98. The molecule has 26 heavy (non-hydrogen) atoms. The summed E-state index contributed by atoms with van der Waals surface area (Å²) in [5, 5.41) is 12.1. The summed E-state index contributed by atoms with van der Waals surface area (Å²) >= 11 is 3.49. The third-order valence-electron chi connectivity index (χ3n) is 3.93. The Bertz CT molecular complexity index is 788. The lowest BCUT2D eigenvalue weighted by molar-refractivity contribution is -0.131. The van der Waals surface area contributed by atoms with Gasteiger partial charge >= 0.3 is 0 Å². The van der Waals surface area contributed by atoms with Gasteiger partial charge in [0.15, 0.2) is 5.69 Å². The molecular formula is C17H20N4O3S2. The first kappa shape index (κ1) is 18.7. The number of aryl methyl sites for hydroxylation is 1. The van der Waals surface area contributed by atoms with Crippen LogP contribution in [0.25, 0.3) is 0 Å². The second-order valence-electron chi connectivity index (χ2n) is 5.82. The van der Waals surface area contributed by atoms with E-state index < -0.39 is 5.91 Å². The van der Waals surface area contributed by atoms with Crippen LogP contribution in [0.1, 0.15) is 15.4 Å². The van der Waals surface area contributed by atoms with Gasteiger partial charge in [0.05, 0.1) is 10.8 Å². The Labute approximate surface area is 160 Å². The molecule has 1 aliphatic rings. The Kier molecular flexibility index (Phi) is 6.12. The molecule has 3 rings (SSSR count). The largest absolute Gasteiger partial charge is 0.505 e. The lowest BCUT2D eigenvalue weighted by Gasteiger charge is -2.33. The predicted octanol–water partition coefficient (Wildman–Crippen LogP) is 1.74. The fourth-order valence-corrected chi connectivity index (χ4v) is 4.72. The highest BCUT2D eigenvalue weighted by atomic mass is 32.2. The van der Waals surface area contributed by atoms with Gasteiger partial charge in [0.25, 0.3) is 5.91 Å². The zero-order valence-corrected chi connectivity index (χ0v) is 16.0. The third kappa shape index (κ3) is 4.75. The maximum atomic E-state index is 12.3. The number of nitrogens with zero attached hydrogens (tertiary/aromatic N) is 3. The molecule has 1 fully saturated rings. The predicted molar refractivity (Wildman–Crippen MR) is 101 cm³/mol. The van der Waals surface area contributed by atoms with Crippen molar-refractivity contribution in [2.24, 2.45) is 0 Å². The van der Waals surface area contributed by atoms with E-state index in [9.17, 15) is 14.7 Å². The summed E-state index contributed by atoms with van der Waals surface area (Å²) in [4.78, 5) is 31.1. The first-order chi connectivity index (χ1) is 12.5. The van der Waals surface area contributed by atoms with Gasteiger partial charge in [-0.05, 0) is 43.1 Å². The molecule has 0 saturated carbocycles. The Morgan fingerprint density at radius 2 is 2.04 bits per heavy atom. The van der Waals surface area contributed by atoms with Crippen LogP contribution in [0.15, 0.2) is 34.7 Å². The van der Waals surface area contributed by atoms with Crippen molar-refractivity contribution in [1.29, 1.82) is 0 Å². The van der Waals surface area contributed by atoms with Gasteiger partial charge in [0, 0.05) is 37.3 Å². The molecule has 1 saturated heterocycles. The van der Waals surface area contributed by atoms with Crippen molar-refractivity contribution in [3.05, 3.63) is 41.0 Å². The molecule has 2 amide bonds. The van der Waals surface area contributed by atoms with E-state index in [1.54, 1.807) is 28.2 Å².